The smallest absolute Gasteiger partial charge is 0.243 e. The van der Waals surface area contributed by atoms with Crippen LogP contribution in [0.25, 0.3) is 0 Å². The summed E-state index contributed by atoms with van der Waals surface area (Å²) >= 11 is 0. The third-order valence-electron chi connectivity index (χ3n) is 4.63. The molecule has 1 atom stereocenters. The summed E-state index contributed by atoms with van der Waals surface area (Å²) in [5, 5.41) is 2.84. The Labute approximate surface area is 185 Å². The molecule has 0 saturated heterocycles. The molecule has 2 aromatic rings. The van der Waals surface area contributed by atoms with Crippen molar-refractivity contribution < 1.29 is 22.7 Å². The van der Waals surface area contributed by atoms with Crippen molar-refractivity contribution >= 4 is 21.6 Å². The predicted octanol–water partition coefficient (Wildman–Crippen LogP) is 3.39. The molecule has 0 aliphatic heterocycles. The SMILES string of the molecule is COc1ccc(N(C(C)C(=O)NCCCc2cccc(OC(C)C)c2)S(C)(=O)=O)cc1. The van der Waals surface area contributed by atoms with E-state index in [1.54, 1.807) is 31.2 Å². The van der Waals surface area contributed by atoms with Crippen LogP contribution in [-0.2, 0) is 21.2 Å². The minimum atomic E-state index is -3.65. The van der Waals surface area contributed by atoms with Crippen molar-refractivity contribution in [3.8, 4) is 11.5 Å². The quantitative estimate of drug-likeness (QED) is 0.533. The van der Waals surface area contributed by atoms with Crippen LogP contribution in [0.2, 0.25) is 0 Å². The predicted molar refractivity (Wildman–Crippen MR) is 123 cm³/mol. The number of sulfonamides is 1. The third kappa shape index (κ3) is 7.47. The Kier molecular flexibility index (Phi) is 8.74. The largest absolute Gasteiger partial charge is 0.497 e. The third-order valence-corrected chi connectivity index (χ3v) is 5.87. The Bertz CT molecular complexity index is 958. The van der Waals surface area contributed by atoms with Crippen molar-refractivity contribution in [1.29, 1.82) is 0 Å². The Hall–Kier alpha value is -2.74. The van der Waals surface area contributed by atoms with Gasteiger partial charge < -0.3 is 14.8 Å². The lowest BCUT2D eigenvalue weighted by Gasteiger charge is -2.28. The Morgan fingerprint density at radius 2 is 1.74 bits per heavy atom. The molecule has 170 valence electrons. The normalized spacial score (nSPS) is 12.3. The molecule has 2 rings (SSSR count). The van der Waals surface area contributed by atoms with Gasteiger partial charge in [-0.25, -0.2) is 8.42 Å². The van der Waals surface area contributed by atoms with E-state index in [4.69, 9.17) is 9.47 Å². The topological polar surface area (TPSA) is 84.9 Å². The summed E-state index contributed by atoms with van der Waals surface area (Å²) in [6.45, 7) is 5.98. The highest BCUT2D eigenvalue weighted by Gasteiger charge is 2.28. The van der Waals surface area contributed by atoms with Crippen molar-refractivity contribution in [2.45, 2.75) is 45.8 Å². The minimum Gasteiger partial charge on any atom is -0.497 e. The second-order valence-electron chi connectivity index (χ2n) is 7.64. The molecular formula is C23H32N2O5S. The lowest BCUT2D eigenvalue weighted by molar-refractivity contribution is -0.121. The van der Waals surface area contributed by atoms with Gasteiger partial charge in [0.05, 0.1) is 25.2 Å². The number of carbonyl (C=O) groups excluding carboxylic acids is 1. The fraction of sp³-hybridized carbons (Fsp3) is 0.435. The highest BCUT2D eigenvalue weighted by Crippen LogP contribution is 2.24. The summed E-state index contributed by atoms with van der Waals surface area (Å²) in [6.07, 6.45) is 2.70. The van der Waals surface area contributed by atoms with E-state index < -0.39 is 16.1 Å². The van der Waals surface area contributed by atoms with E-state index in [0.29, 0.717) is 18.0 Å². The van der Waals surface area contributed by atoms with Crippen molar-refractivity contribution in [3.05, 3.63) is 54.1 Å². The maximum absolute atomic E-state index is 12.7. The van der Waals surface area contributed by atoms with Crippen LogP contribution in [-0.4, -0.2) is 46.4 Å². The number of rotatable bonds is 11. The number of amides is 1. The second-order valence-corrected chi connectivity index (χ2v) is 9.50. The zero-order chi connectivity index (χ0) is 23.0. The molecule has 8 heteroatoms. The number of hydrogen-bond donors (Lipinski definition) is 1. The van der Waals surface area contributed by atoms with Crippen LogP contribution < -0.4 is 19.1 Å². The number of aryl methyl sites for hydroxylation is 1. The van der Waals surface area contributed by atoms with Crippen LogP contribution in [0.3, 0.4) is 0 Å². The van der Waals surface area contributed by atoms with Crippen molar-refractivity contribution in [2.75, 3.05) is 24.2 Å². The molecule has 0 radical (unpaired) electrons. The van der Waals surface area contributed by atoms with E-state index in [1.165, 1.54) is 7.11 Å². The standard InChI is InChI=1S/C23H32N2O5S/c1-17(2)30-22-10-6-8-19(16-22)9-7-15-24-23(26)18(3)25(31(5,27)28)20-11-13-21(29-4)14-12-20/h6,8,10-14,16-18H,7,9,15H2,1-5H3,(H,24,26). The number of benzene rings is 2. The number of ether oxygens (including phenoxy) is 2. The van der Waals surface area contributed by atoms with E-state index >= 15 is 0 Å². The number of carbonyl (C=O) groups is 1. The van der Waals surface area contributed by atoms with E-state index in [0.717, 1.165) is 34.7 Å². The zero-order valence-electron chi connectivity index (χ0n) is 18.8. The van der Waals surface area contributed by atoms with E-state index in [-0.39, 0.29) is 12.0 Å². The summed E-state index contributed by atoms with van der Waals surface area (Å²) in [4.78, 5) is 12.7. The van der Waals surface area contributed by atoms with Gasteiger partial charge in [0.25, 0.3) is 0 Å². The molecule has 1 N–H and O–H groups in total. The molecule has 0 bridgehead atoms. The average molecular weight is 449 g/mol. The van der Waals surface area contributed by atoms with Crippen molar-refractivity contribution in [3.63, 3.8) is 0 Å². The lowest BCUT2D eigenvalue weighted by Crippen LogP contribution is -2.48. The molecule has 2 aromatic carbocycles. The van der Waals surface area contributed by atoms with Gasteiger partial charge in [0.2, 0.25) is 15.9 Å². The lowest BCUT2D eigenvalue weighted by atomic mass is 10.1. The first-order chi connectivity index (χ1) is 14.6. The molecule has 0 fully saturated rings. The van der Waals surface area contributed by atoms with Crippen LogP contribution in [0, 0.1) is 0 Å². The molecule has 0 aliphatic rings. The van der Waals surface area contributed by atoms with E-state index in [2.05, 4.69) is 5.32 Å². The molecule has 1 amide bonds. The molecule has 31 heavy (non-hydrogen) atoms. The molecule has 0 aromatic heterocycles. The summed E-state index contributed by atoms with van der Waals surface area (Å²) in [5.41, 5.74) is 1.53. The van der Waals surface area contributed by atoms with Gasteiger partial charge in [-0.2, -0.15) is 0 Å². The van der Waals surface area contributed by atoms with Crippen LogP contribution in [0.4, 0.5) is 5.69 Å². The van der Waals surface area contributed by atoms with E-state index in [9.17, 15) is 13.2 Å². The number of anilines is 1. The van der Waals surface area contributed by atoms with Gasteiger partial charge in [0, 0.05) is 6.54 Å². The number of methoxy groups -OCH3 is 1. The second kappa shape index (κ2) is 11.0. The highest BCUT2D eigenvalue weighted by molar-refractivity contribution is 7.92. The molecule has 0 heterocycles. The minimum absolute atomic E-state index is 0.111. The Balaban J connectivity index is 1.95. The molecule has 0 aliphatic carbocycles. The van der Waals surface area contributed by atoms with E-state index in [1.807, 2.05) is 38.1 Å². The average Bonchev–Trinajstić information content (AvgIpc) is 2.70. The van der Waals surface area contributed by atoms with Crippen LogP contribution >= 0.6 is 0 Å². The maximum atomic E-state index is 12.7. The van der Waals surface area contributed by atoms with Gasteiger partial charge in [-0.3, -0.25) is 9.10 Å². The molecule has 0 spiro atoms. The van der Waals surface area contributed by atoms with Gasteiger partial charge in [-0.05, 0) is 75.6 Å². The van der Waals surface area contributed by atoms with Gasteiger partial charge in [-0.1, -0.05) is 12.1 Å². The van der Waals surface area contributed by atoms with Crippen LogP contribution in [0.5, 0.6) is 11.5 Å². The summed E-state index contributed by atoms with van der Waals surface area (Å²) in [7, 11) is -2.12. The highest BCUT2D eigenvalue weighted by atomic mass is 32.2. The van der Waals surface area contributed by atoms with Gasteiger partial charge in [0.1, 0.15) is 17.5 Å². The first kappa shape index (κ1) is 24.5. The maximum Gasteiger partial charge on any atom is 0.243 e. The summed E-state index contributed by atoms with van der Waals surface area (Å²) in [5.74, 6) is 1.09. The number of nitrogens with zero attached hydrogens (tertiary/aromatic N) is 1. The fourth-order valence-corrected chi connectivity index (χ4v) is 4.41. The molecule has 7 nitrogen and oxygen atoms in total. The zero-order valence-corrected chi connectivity index (χ0v) is 19.6. The Morgan fingerprint density at radius 3 is 2.32 bits per heavy atom. The first-order valence-electron chi connectivity index (χ1n) is 10.3. The van der Waals surface area contributed by atoms with Crippen LogP contribution in [0.15, 0.2) is 48.5 Å². The van der Waals surface area contributed by atoms with Crippen molar-refractivity contribution in [1.82, 2.24) is 5.32 Å². The van der Waals surface area contributed by atoms with Gasteiger partial charge in [-0.15, -0.1) is 0 Å². The molecule has 1 unspecified atom stereocenters. The van der Waals surface area contributed by atoms with Crippen molar-refractivity contribution in [2.24, 2.45) is 0 Å². The Morgan fingerprint density at radius 1 is 1.06 bits per heavy atom. The monoisotopic (exact) mass is 448 g/mol. The van der Waals surface area contributed by atoms with Crippen LogP contribution in [0.1, 0.15) is 32.8 Å². The summed E-state index contributed by atoms with van der Waals surface area (Å²) in [6, 6.07) is 13.6. The molecular weight excluding hydrogens is 416 g/mol. The first-order valence-corrected chi connectivity index (χ1v) is 12.1. The van der Waals surface area contributed by atoms with Gasteiger partial charge in [0.15, 0.2) is 0 Å². The molecule has 0 saturated carbocycles. The summed E-state index contributed by atoms with van der Waals surface area (Å²) < 4.78 is 36.7. The number of hydrogen-bond acceptors (Lipinski definition) is 5. The number of nitrogens with one attached hydrogen (secondary N) is 1. The van der Waals surface area contributed by atoms with Gasteiger partial charge >= 0.3 is 0 Å². The fourth-order valence-electron chi connectivity index (χ4n) is 3.24.